The molecule has 2 rings (SSSR count). The highest BCUT2D eigenvalue weighted by Crippen LogP contribution is 2.30. The standard InChI is InChI=1S/C11H8F3NOS/c1-6(16)9-2-3-10(17-9)8-4-7(5-15-8)11(12,13)14/h2-4H,5H2,1H3. The van der Waals surface area contributed by atoms with Crippen LogP contribution in [0.25, 0.3) is 0 Å². The molecule has 2 heterocycles. The second-order valence-electron chi connectivity index (χ2n) is 3.59. The fourth-order valence-corrected chi connectivity index (χ4v) is 2.29. The average Bonchev–Trinajstić information content (AvgIpc) is 2.85. The lowest BCUT2D eigenvalue weighted by atomic mass is 10.2. The van der Waals surface area contributed by atoms with E-state index in [0.29, 0.717) is 15.5 Å². The molecule has 17 heavy (non-hydrogen) atoms. The molecule has 2 nitrogen and oxygen atoms in total. The van der Waals surface area contributed by atoms with Crippen molar-refractivity contribution in [3.63, 3.8) is 0 Å². The molecule has 0 saturated carbocycles. The van der Waals surface area contributed by atoms with Crippen molar-refractivity contribution in [2.75, 3.05) is 6.54 Å². The van der Waals surface area contributed by atoms with Gasteiger partial charge in [-0.25, -0.2) is 0 Å². The van der Waals surface area contributed by atoms with Crippen LogP contribution in [-0.4, -0.2) is 24.2 Å². The Labute approximate surface area is 99.5 Å². The normalized spacial score (nSPS) is 15.8. The second kappa shape index (κ2) is 4.10. The SMILES string of the molecule is CC(=O)c1ccc(C2=NCC(C(F)(F)F)=C2)s1. The van der Waals surface area contributed by atoms with Crippen molar-refractivity contribution in [2.45, 2.75) is 13.1 Å². The van der Waals surface area contributed by atoms with E-state index in [9.17, 15) is 18.0 Å². The number of hydrogen-bond donors (Lipinski definition) is 0. The molecule has 0 fully saturated rings. The Bertz CT molecular complexity index is 525. The van der Waals surface area contributed by atoms with Gasteiger partial charge in [0.2, 0.25) is 0 Å². The van der Waals surface area contributed by atoms with Crippen LogP contribution in [0, 0.1) is 0 Å². The number of ketones is 1. The van der Waals surface area contributed by atoms with Gasteiger partial charge in [-0.15, -0.1) is 11.3 Å². The molecule has 0 saturated heterocycles. The van der Waals surface area contributed by atoms with E-state index in [-0.39, 0.29) is 12.3 Å². The molecule has 1 aromatic rings. The third-order valence-corrected chi connectivity index (χ3v) is 3.51. The zero-order valence-electron chi connectivity index (χ0n) is 8.84. The molecule has 0 bridgehead atoms. The lowest BCUT2D eigenvalue weighted by Gasteiger charge is -2.04. The molecule has 1 aliphatic rings. The zero-order chi connectivity index (χ0) is 12.6. The van der Waals surface area contributed by atoms with E-state index < -0.39 is 11.7 Å². The summed E-state index contributed by atoms with van der Waals surface area (Å²) in [6.45, 7) is 1.08. The summed E-state index contributed by atoms with van der Waals surface area (Å²) in [7, 11) is 0. The predicted octanol–water partition coefficient (Wildman–Crippen LogP) is 3.24. The molecule has 0 N–H and O–H groups in total. The van der Waals surface area contributed by atoms with Gasteiger partial charge in [0.05, 0.1) is 27.6 Å². The van der Waals surface area contributed by atoms with Crippen molar-refractivity contribution in [1.82, 2.24) is 0 Å². The highest BCUT2D eigenvalue weighted by atomic mass is 32.1. The number of Topliss-reactive ketones (excluding diaryl/α,β-unsaturated/α-hetero) is 1. The molecule has 6 heteroatoms. The van der Waals surface area contributed by atoms with Crippen LogP contribution in [0.2, 0.25) is 0 Å². The Morgan fingerprint density at radius 3 is 2.59 bits per heavy atom. The van der Waals surface area contributed by atoms with E-state index in [2.05, 4.69) is 4.99 Å². The van der Waals surface area contributed by atoms with Gasteiger partial charge in [-0.2, -0.15) is 13.2 Å². The first-order valence-corrected chi connectivity index (χ1v) is 5.63. The van der Waals surface area contributed by atoms with Gasteiger partial charge in [0.25, 0.3) is 0 Å². The number of carbonyl (C=O) groups is 1. The third kappa shape index (κ3) is 2.46. The number of halogens is 3. The molecular formula is C11H8F3NOS. The molecule has 90 valence electrons. The Balaban J connectivity index is 2.25. The van der Waals surface area contributed by atoms with Crippen LogP contribution < -0.4 is 0 Å². The van der Waals surface area contributed by atoms with Crippen molar-refractivity contribution in [2.24, 2.45) is 4.99 Å². The smallest absolute Gasteiger partial charge is 0.294 e. The number of rotatable bonds is 2. The maximum Gasteiger partial charge on any atom is 0.414 e. The van der Waals surface area contributed by atoms with Crippen LogP contribution >= 0.6 is 11.3 Å². The molecule has 0 radical (unpaired) electrons. The molecule has 0 unspecified atom stereocenters. The van der Waals surface area contributed by atoms with Gasteiger partial charge < -0.3 is 0 Å². The third-order valence-electron chi connectivity index (χ3n) is 2.30. The summed E-state index contributed by atoms with van der Waals surface area (Å²) in [6, 6.07) is 3.22. The van der Waals surface area contributed by atoms with Gasteiger partial charge in [-0.05, 0) is 25.1 Å². The largest absolute Gasteiger partial charge is 0.414 e. The molecular weight excluding hydrogens is 251 g/mol. The van der Waals surface area contributed by atoms with E-state index in [1.807, 2.05) is 0 Å². The topological polar surface area (TPSA) is 29.4 Å². The van der Waals surface area contributed by atoms with E-state index in [4.69, 9.17) is 0 Å². The summed E-state index contributed by atoms with van der Waals surface area (Å²) in [4.78, 5) is 16.0. The maximum atomic E-state index is 12.4. The summed E-state index contributed by atoms with van der Waals surface area (Å²) < 4.78 is 37.2. The zero-order valence-corrected chi connectivity index (χ0v) is 9.65. The number of hydrogen-bond acceptors (Lipinski definition) is 3. The Hall–Kier alpha value is -1.43. The van der Waals surface area contributed by atoms with Crippen molar-refractivity contribution >= 4 is 22.8 Å². The van der Waals surface area contributed by atoms with Crippen LogP contribution in [0.5, 0.6) is 0 Å². The Kier molecular flexibility index (Phi) is 2.91. The minimum Gasteiger partial charge on any atom is -0.294 e. The van der Waals surface area contributed by atoms with E-state index in [0.717, 1.165) is 17.4 Å². The van der Waals surface area contributed by atoms with Crippen molar-refractivity contribution < 1.29 is 18.0 Å². The van der Waals surface area contributed by atoms with Crippen LogP contribution in [0.15, 0.2) is 28.8 Å². The van der Waals surface area contributed by atoms with Crippen molar-refractivity contribution in [3.05, 3.63) is 33.5 Å². The lowest BCUT2D eigenvalue weighted by molar-refractivity contribution is -0.0916. The van der Waals surface area contributed by atoms with Crippen LogP contribution in [0.4, 0.5) is 13.2 Å². The monoisotopic (exact) mass is 259 g/mol. The Morgan fingerprint density at radius 1 is 1.41 bits per heavy atom. The van der Waals surface area contributed by atoms with E-state index in [1.54, 1.807) is 12.1 Å². The van der Waals surface area contributed by atoms with Crippen LogP contribution in [-0.2, 0) is 0 Å². The average molecular weight is 259 g/mol. The summed E-state index contributed by atoms with van der Waals surface area (Å²) >= 11 is 1.16. The highest BCUT2D eigenvalue weighted by Gasteiger charge is 2.35. The molecule has 0 aliphatic carbocycles. The van der Waals surface area contributed by atoms with Crippen molar-refractivity contribution in [3.8, 4) is 0 Å². The first-order valence-electron chi connectivity index (χ1n) is 4.81. The van der Waals surface area contributed by atoms with Gasteiger partial charge in [0.15, 0.2) is 5.78 Å². The van der Waals surface area contributed by atoms with Gasteiger partial charge in [0.1, 0.15) is 0 Å². The van der Waals surface area contributed by atoms with Crippen LogP contribution in [0.3, 0.4) is 0 Å². The van der Waals surface area contributed by atoms with E-state index in [1.165, 1.54) is 6.92 Å². The molecule has 1 aromatic heterocycles. The minimum absolute atomic E-state index is 0.0973. The molecule has 0 atom stereocenters. The molecule has 0 spiro atoms. The maximum absolute atomic E-state index is 12.4. The van der Waals surface area contributed by atoms with Gasteiger partial charge in [0, 0.05) is 0 Å². The highest BCUT2D eigenvalue weighted by molar-refractivity contribution is 7.16. The van der Waals surface area contributed by atoms with Gasteiger partial charge in [-0.1, -0.05) is 0 Å². The summed E-state index contributed by atoms with van der Waals surface area (Å²) in [6.07, 6.45) is -3.29. The number of thiophene rings is 1. The molecule has 1 aliphatic heterocycles. The van der Waals surface area contributed by atoms with Gasteiger partial charge >= 0.3 is 6.18 Å². The lowest BCUT2D eigenvalue weighted by Crippen LogP contribution is -2.12. The van der Waals surface area contributed by atoms with E-state index >= 15 is 0 Å². The summed E-state index contributed by atoms with van der Waals surface area (Å²) in [5.41, 5.74) is -0.347. The minimum atomic E-state index is -4.33. The quantitative estimate of drug-likeness (QED) is 0.750. The first kappa shape index (κ1) is 12.0. The number of nitrogens with zero attached hydrogens (tertiary/aromatic N) is 1. The number of allylic oxidation sites excluding steroid dienone is 1. The summed E-state index contributed by atoms with van der Waals surface area (Å²) in [5, 5.41) is 0. The van der Waals surface area contributed by atoms with Crippen molar-refractivity contribution in [1.29, 1.82) is 0 Å². The summed E-state index contributed by atoms with van der Waals surface area (Å²) in [5.74, 6) is -0.0973. The number of aliphatic imine (C=N–C) groups is 1. The number of alkyl halides is 3. The molecule has 0 aromatic carbocycles. The number of carbonyl (C=O) groups excluding carboxylic acids is 1. The van der Waals surface area contributed by atoms with Crippen LogP contribution in [0.1, 0.15) is 21.5 Å². The predicted molar refractivity (Wildman–Crippen MR) is 59.9 cm³/mol. The second-order valence-corrected chi connectivity index (χ2v) is 4.67. The fourth-order valence-electron chi connectivity index (χ4n) is 1.41. The first-order chi connectivity index (χ1) is 7.88. The van der Waals surface area contributed by atoms with Gasteiger partial charge in [-0.3, -0.25) is 9.79 Å². The fraction of sp³-hybridized carbons (Fsp3) is 0.273. The Morgan fingerprint density at radius 2 is 2.12 bits per heavy atom. The molecule has 0 amide bonds.